The highest BCUT2D eigenvalue weighted by molar-refractivity contribution is 5.84. The number of hydrogen-bond acceptors (Lipinski definition) is 3. The lowest BCUT2D eigenvalue weighted by Gasteiger charge is -2.33. The Kier molecular flexibility index (Phi) is 4.18. The van der Waals surface area contributed by atoms with Gasteiger partial charge in [0.2, 0.25) is 5.91 Å². The summed E-state index contributed by atoms with van der Waals surface area (Å²) in [6.07, 6.45) is 8.84. The number of carbonyl (C=O) groups excluding carboxylic acids is 1. The fourth-order valence-electron chi connectivity index (χ4n) is 3.97. The minimum absolute atomic E-state index is 0.0463. The van der Waals surface area contributed by atoms with Gasteiger partial charge in [0.15, 0.2) is 0 Å². The second kappa shape index (κ2) is 6.10. The van der Waals surface area contributed by atoms with Crippen LogP contribution in [0, 0.1) is 12.8 Å². The van der Waals surface area contributed by atoms with Crippen LogP contribution >= 0.6 is 0 Å². The normalized spacial score (nSPS) is 27.7. The number of likely N-dealkylation sites (tertiary alicyclic amines) is 1. The van der Waals surface area contributed by atoms with Crippen LogP contribution in [0.5, 0.6) is 0 Å². The number of aryl methyl sites for hydroxylation is 2. The first-order chi connectivity index (χ1) is 10.6. The lowest BCUT2D eigenvalue weighted by Crippen LogP contribution is -2.46. The van der Waals surface area contributed by atoms with Crippen molar-refractivity contribution in [3.05, 3.63) is 18.0 Å². The molecule has 3 atom stereocenters. The molecule has 3 rings (SSSR count). The summed E-state index contributed by atoms with van der Waals surface area (Å²) in [5.74, 6) is -0.543. The van der Waals surface area contributed by atoms with Gasteiger partial charge in [0.05, 0.1) is 6.20 Å². The van der Waals surface area contributed by atoms with E-state index in [0.29, 0.717) is 25.3 Å². The van der Waals surface area contributed by atoms with Gasteiger partial charge in [0.1, 0.15) is 6.04 Å². The highest BCUT2D eigenvalue weighted by Crippen LogP contribution is 2.40. The number of carboxylic acid groups (broad SMARTS) is 1. The first-order valence-electron chi connectivity index (χ1n) is 8.09. The maximum atomic E-state index is 12.6. The fraction of sp³-hybridized carbons (Fsp3) is 0.688. The molecule has 1 saturated heterocycles. The van der Waals surface area contributed by atoms with Gasteiger partial charge in [-0.3, -0.25) is 9.48 Å². The SMILES string of the molecule is Cc1cnn(CCC(=O)N2[C@@H]3CCCC[C@@H]3C[C@H]2C(=O)O)c1. The lowest BCUT2D eigenvalue weighted by atomic mass is 9.84. The Labute approximate surface area is 130 Å². The van der Waals surface area contributed by atoms with Crippen molar-refractivity contribution in [3.8, 4) is 0 Å². The molecule has 0 aromatic carbocycles. The summed E-state index contributed by atoms with van der Waals surface area (Å²) < 4.78 is 1.75. The average molecular weight is 305 g/mol. The third kappa shape index (κ3) is 2.87. The predicted octanol–water partition coefficient (Wildman–Crippen LogP) is 1.83. The van der Waals surface area contributed by atoms with E-state index >= 15 is 0 Å². The molecule has 1 aliphatic heterocycles. The highest BCUT2D eigenvalue weighted by Gasteiger charge is 2.47. The van der Waals surface area contributed by atoms with Crippen LogP contribution in [0.25, 0.3) is 0 Å². The van der Waals surface area contributed by atoms with Crippen molar-refractivity contribution >= 4 is 11.9 Å². The van der Waals surface area contributed by atoms with Gasteiger partial charge in [-0.2, -0.15) is 5.10 Å². The van der Waals surface area contributed by atoms with Crippen LogP contribution in [-0.4, -0.2) is 43.7 Å². The molecule has 1 N–H and O–H groups in total. The van der Waals surface area contributed by atoms with Gasteiger partial charge in [-0.25, -0.2) is 4.79 Å². The molecule has 6 heteroatoms. The molecule has 1 aliphatic carbocycles. The Morgan fingerprint density at radius 1 is 1.36 bits per heavy atom. The van der Waals surface area contributed by atoms with Crippen LogP contribution in [0.15, 0.2) is 12.4 Å². The summed E-state index contributed by atoms with van der Waals surface area (Å²) in [4.78, 5) is 25.8. The maximum absolute atomic E-state index is 12.6. The molecule has 0 radical (unpaired) electrons. The third-order valence-corrected chi connectivity index (χ3v) is 4.98. The van der Waals surface area contributed by atoms with Crippen LogP contribution < -0.4 is 0 Å². The molecule has 120 valence electrons. The van der Waals surface area contributed by atoms with E-state index in [-0.39, 0.29) is 11.9 Å². The van der Waals surface area contributed by atoms with E-state index in [1.165, 1.54) is 0 Å². The van der Waals surface area contributed by atoms with Crippen LogP contribution in [0.1, 0.15) is 44.1 Å². The van der Waals surface area contributed by atoms with E-state index < -0.39 is 12.0 Å². The standard InChI is InChI=1S/C16H23N3O3/c1-11-9-17-18(10-11)7-6-15(20)19-13-5-3-2-4-12(13)8-14(19)16(21)22/h9-10,12-14H,2-8H2,1H3,(H,21,22)/t12-,13-,14+/m1/s1. The summed E-state index contributed by atoms with van der Waals surface area (Å²) in [5, 5.41) is 13.6. The molecule has 1 saturated carbocycles. The van der Waals surface area contributed by atoms with Crippen molar-refractivity contribution in [3.63, 3.8) is 0 Å². The van der Waals surface area contributed by atoms with Crippen LogP contribution in [0.3, 0.4) is 0 Å². The Bertz CT molecular complexity index is 569. The monoisotopic (exact) mass is 305 g/mol. The minimum Gasteiger partial charge on any atom is -0.480 e. The summed E-state index contributed by atoms with van der Waals surface area (Å²) in [5.41, 5.74) is 1.06. The number of carboxylic acids is 1. The minimum atomic E-state index is -0.863. The van der Waals surface area contributed by atoms with E-state index in [0.717, 1.165) is 31.2 Å². The van der Waals surface area contributed by atoms with Crippen LogP contribution in [0.4, 0.5) is 0 Å². The first kappa shape index (κ1) is 15.1. The fourth-order valence-corrected chi connectivity index (χ4v) is 3.97. The zero-order chi connectivity index (χ0) is 15.7. The number of amides is 1. The lowest BCUT2D eigenvalue weighted by molar-refractivity contribution is -0.150. The zero-order valence-electron chi connectivity index (χ0n) is 12.9. The number of fused-ring (bicyclic) bond motifs is 1. The van der Waals surface area contributed by atoms with Crippen LogP contribution in [-0.2, 0) is 16.1 Å². The largest absolute Gasteiger partial charge is 0.480 e. The number of nitrogens with zero attached hydrogens (tertiary/aromatic N) is 3. The zero-order valence-corrected chi connectivity index (χ0v) is 12.9. The predicted molar refractivity (Wildman–Crippen MR) is 80.2 cm³/mol. The highest BCUT2D eigenvalue weighted by atomic mass is 16.4. The molecular formula is C16H23N3O3. The van der Waals surface area contributed by atoms with Gasteiger partial charge in [-0.05, 0) is 37.7 Å². The molecular weight excluding hydrogens is 282 g/mol. The van der Waals surface area contributed by atoms with Gasteiger partial charge in [0.25, 0.3) is 0 Å². The van der Waals surface area contributed by atoms with E-state index in [1.807, 2.05) is 13.1 Å². The van der Waals surface area contributed by atoms with E-state index in [2.05, 4.69) is 5.10 Å². The summed E-state index contributed by atoms with van der Waals surface area (Å²) in [6.45, 7) is 2.46. The smallest absolute Gasteiger partial charge is 0.326 e. The van der Waals surface area contributed by atoms with E-state index in [9.17, 15) is 14.7 Å². The summed E-state index contributed by atoms with van der Waals surface area (Å²) in [6, 6.07) is -0.512. The molecule has 0 spiro atoms. The number of carbonyl (C=O) groups is 2. The van der Waals surface area contributed by atoms with E-state index in [4.69, 9.17) is 0 Å². The first-order valence-corrected chi connectivity index (χ1v) is 8.09. The molecule has 22 heavy (non-hydrogen) atoms. The molecule has 1 aromatic rings. The molecule has 2 fully saturated rings. The van der Waals surface area contributed by atoms with Crippen molar-refractivity contribution in [1.29, 1.82) is 0 Å². The van der Waals surface area contributed by atoms with Crippen molar-refractivity contribution in [2.24, 2.45) is 5.92 Å². The number of rotatable bonds is 4. The Morgan fingerprint density at radius 2 is 2.14 bits per heavy atom. The molecule has 0 unspecified atom stereocenters. The van der Waals surface area contributed by atoms with Gasteiger partial charge >= 0.3 is 5.97 Å². The van der Waals surface area contributed by atoms with Gasteiger partial charge in [-0.1, -0.05) is 12.8 Å². The van der Waals surface area contributed by atoms with Crippen molar-refractivity contribution < 1.29 is 14.7 Å². The van der Waals surface area contributed by atoms with Gasteiger partial charge in [-0.15, -0.1) is 0 Å². The third-order valence-electron chi connectivity index (χ3n) is 4.98. The van der Waals surface area contributed by atoms with Crippen molar-refractivity contribution in [2.75, 3.05) is 0 Å². The molecule has 2 heterocycles. The van der Waals surface area contributed by atoms with Crippen molar-refractivity contribution in [1.82, 2.24) is 14.7 Å². The Morgan fingerprint density at radius 3 is 2.82 bits per heavy atom. The molecule has 1 aromatic heterocycles. The molecule has 2 aliphatic rings. The van der Waals surface area contributed by atoms with Crippen LogP contribution in [0.2, 0.25) is 0 Å². The topological polar surface area (TPSA) is 75.4 Å². The van der Waals surface area contributed by atoms with Crippen molar-refractivity contribution in [2.45, 2.75) is 64.1 Å². The Hall–Kier alpha value is -1.85. The van der Waals surface area contributed by atoms with Gasteiger partial charge in [0, 0.05) is 25.2 Å². The maximum Gasteiger partial charge on any atom is 0.326 e. The number of aliphatic carboxylic acids is 1. The number of aromatic nitrogens is 2. The Balaban J connectivity index is 1.69. The average Bonchev–Trinajstić information content (AvgIpc) is 3.08. The second-order valence-corrected chi connectivity index (χ2v) is 6.53. The summed E-state index contributed by atoms with van der Waals surface area (Å²) in [7, 11) is 0. The van der Waals surface area contributed by atoms with E-state index in [1.54, 1.807) is 15.8 Å². The summed E-state index contributed by atoms with van der Waals surface area (Å²) >= 11 is 0. The molecule has 1 amide bonds. The molecule has 6 nitrogen and oxygen atoms in total. The molecule has 0 bridgehead atoms. The quantitative estimate of drug-likeness (QED) is 0.920. The number of hydrogen-bond donors (Lipinski definition) is 1. The van der Waals surface area contributed by atoms with Gasteiger partial charge < -0.3 is 10.0 Å². The second-order valence-electron chi connectivity index (χ2n) is 6.53.